The number of nitrogens with two attached hydrogens (primary N) is 1. The van der Waals surface area contributed by atoms with Crippen LogP contribution in [0, 0.1) is 0 Å². The first-order valence-corrected chi connectivity index (χ1v) is 4.58. The highest BCUT2D eigenvalue weighted by Crippen LogP contribution is 2.11. The Morgan fingerprint density at radius 3 is 2.50 bits per heavy atom. The lowest BCUT2D eigenvalue weighted by Gasteiger charge is -2.04. The minimum absolute atomic E-state index is 0.432. The van der Waals surface area contributed by atoms with E-state index >= 15 is 0 Å². The third-order valence-corrected chi connectivity index (χ3v) is 2.01. The van der Waals surface area contributed by atoms with Crippen molar-refractivity contribution in [3.8, 4) is 0 Å². The highest BCUT2D eigenvalue weighted by Gasteiger charge is 2.14. The first kappa shape index (κ1) is 10.4. The van der Waals surface area contributed by atoms with Gasteiger partial charge in [-0.25, -0.2) is 0 Å². The second-order valence-electron chi connectivity index (χ2n) is 3.10. The predicted octanol–water partition coefficient (Wildman–Crippen LogP) is 1.31. The second-order valence-corrected chi connectivity index (χ2v) is 3.10. The van der Waals surface area contributed by atoms with Gasteiger partial charge in [-0.3, -0.25) is 9.59 Å². The summed E-state index contributed by atoms with van der Waals surface area (Å²) in [4.78, 5) is 22.1. The summed E-state index contributed by atoms with van der Waals surface area (Å²) in [6.07, 6.45) is 1.72. The van der Waals surface area contributed by atoms with E-state index in [9.17, 15) is 9.59 Å². The van der Waals surface area contributed by atoms with Gasteiger partial charge in [0.1, 0.15) is 0 Å². The molecule has 0 unspecified atom stereocenters. The van der Waals surface area contributed by atoms with E-state index in [1.165, 1.54) is 0 Å². The highest BCUT2D eigenvalue weighted by atomic mass is 16.2. The van der Waals surface area contributed by atoms with Crippen LogP contribution in [0.25, 0.3) is 0 Å². The zero-order valence-corrected chi connectivity index (χ0v) is 8.12. The molecule has 0 saturated carbocycles. The van der Waals surface area contributed by atoms with Crippen molar-refractivity contribution in [2.75, 3.05) is 0 Å². The number of Topliss-reactive ketones (excluding diaryl/α,β-unsaturated/α-hetero) is 1. The van der Waals surface area contributed by atoms with Gasteiger partial charge in [0.15, 0.2) is 0 Å². The minimum Gasteiger partial charge on any atom is -0.363 e. The predicted molar refractivity (Wildman–Crippen MR) is 54.0 cm³/mol. The number of carbonyl (C=O) groups is 2. The Labute approximate surface area is 82.9 Å². The Balaban J connectivity index is 3.06. The van der Waals surface area contributed by atoms with Crippen LogP contribution in [0.4, 0.5) is 0 Å². The van der Waals surface area contributed by atoms with Crippen molar-refractivity contribution >= 4 is 11.7 Å². The van der Waals surface area contributed by atoms with Gasteiger partial charge in [-0.15, -0.1) is 0 Å². The quantitative estimate of drug-likeness (QED) is 0.576. The van der Waals surface area contributed by atoms with E-state index in [2.05, 4.69) is 0 Å². The smallest absolute Gasteiger partial charge is 0.289 e. The molecule has 0 aliphatic rings. The van der Waals surface area contributed by atoms with Crippen LogP contribution >= 0.6 is 0 Å². The van der Waals surface area contributed by atoms with Gasteiger partial charge in [0, 0.05) is 5.56 Å². The summed E-state index contributed by atoms with van der Waals surface area (Å²) in [6.45, 7) is 2.02. The Kier molecular flexibility index (Phi) is 3.40. The fraction of sp³-hybridized carbons (Fsp3) is 0.273. The van der Waals surface area contributed by atoms with E-state index < -0.39 is 11.7 Å². The maximum Gasteiger partial charge on any atom is 0.289 e. The van der Waals surface area contributed by atoms with Crippen LogP contribution in [0.2, 0.25) is 0 Å². The molecule has 2 N–H and O–H groups in total. The van der Waals surface area contributed by atoms with E-state index in [0.717, 1.165) is 18.4 Å². The largest absolute Gasteiger partial charge is 0.363 e. The number of hydrogen-bond donors (Lipinski definition) is 1. The van der Waals surface area contributed by atoms with E-state index in [1.54, 1.807) is 12.1 Å². The molecule has 1 aromatic rings. The van der Waals surface area contributed by atoms with E-state index in [-0.39, 0.29) is 0 Å². The van der Waals surface area contributed by atoms with Crippen molar-refractivity contribution in [2.24, 2.45) is 5.73 Å². The number of primary amides is 1. The van der Waals surface area contributed by atoms with Gasteiger partial charge >= 0.3 is 0 Å². The first-order valence-electron chi connectivity index (χ1n) is 4.58. The molecule has 1 rings (SSSR count). The van der Waals surface area contributed by atoms with Crippen LogP contribution in [0.1, 0.15) is 29.3 Å². The van der Waals surface area contributed by atoms with Crippen LogP contribution in [-0.4, -0.2) is 11.7 Å². The molecule has 0 fully saturated rings. The van der Waals surface area contributed by atoms with Crippen molar-refractivity contribution in [2.45, 2.75) is 19.8 Å². The zero-order valence-electron chi connectivity index (χ0n) is 8.12. The van der Waals surface area contributed by atoms with Crippen LogP contribution in [0.3, 0.4) is 0 Å². The molecule has 0 saturated heterocycles. The number of amides is 1. The summed E-state index contributed by atoms with van der Waals surface area (Å²) in [5.74, 6) is -1.50. The molecule has 3 nitrogen and oxygen atoms in total. The number of aryl methyl sites for hydroxylation is 1. The molecule has 0 bridgehead atoms. The summed E-state index contributed by atoms with van der Waals surface area (Å²) in [7, 11) is 0. The van der Waals surface area contributed by atoms with Crippen molar-refractivity contribution in [1.29, 1.82) is 0 Å². The molecule has 1 amide bonds. The Hall–Kier alpha value is -1.64. The molecular weight excluding hydrogens is 178 g/mol. The molecule has 1 aromatic carbocycles. The second kappa shape index (κ2) is 4.56. The molecular formula is C11H13NO2. The first-order chi connectivity index (χ1) is 6.66. The van der Waals surface area contributed by atoms with Gasteiger partial charge < -0.3 is 5.73 Å². The van der Waals surface area contributed by atoms with Gasteiger partial charge in [-0.2, -0.15) is 0 Å². The number of rotatable bonds is 4. The summed E-state index contributed by atoms with van der Waals surface area (Å²) in [5, 5.41) is 0. The van der Waals surface area contributed by atoms with Crippen molar-refractivity contribution in [3.05, 3.63) is 35.4 Å². The molecule has 3 heteroatoms. The lowest BCUT2D eigenvalue weighted by atomic mass is 10.00. The molecule has 0 heterocycles. The summed E-state index contributed by atoms with van der Waals surface area (Å²) < 4.78 is 0. The highest BCUT2D eigenvalue weighted by molar-refractivity contribution is 6.42. The maximum absolute atomic E-state index is 11.4. The van der Waals surface area contributed by atoms with Crippen molar-refractivity contribution < 1.29 is 9.59 Å². The molecule has 0 aromatic heterocycles. The van der Waals surface area contributed by atoms with Gasteiger partial charge in [-0.05, 0) is 12.0 Å². The summed E-state index contributed by atoms with van der Waals surface area (Å²) >= 11 is 0. The van der Waals surface area contributed by atoms with Gasteiger partial charge in [0.25, 0.3) is 5.91 Å². The topological polar surface area (TPSA) is 60.2 Å². The lowest BCUT2D eigenvalue weighted by molar-refractivity contribution is -0.114. The van der Waals surface area contributed by atoms with E-state index in [0.29, 0.717) is 5.56 Å². The molecule has 0 atom stereocenters. The molecule has 0 aliphatic carbocycles. The average Bonchev–Trinajstić information content (AvgIpc) is 2.18. The molecule has 0 aliphatic heterocycles. The van der Waals surface area contributed by atoms with Gasteiger partial charge in [0.05, 0.1) is 0 Å². The maximum atomic E-state index is 11.4. The SMILES string of the molecule is CCCc1ccccc1C(=O)C(N)=O. The number of ketones is 1. The monoisotopic (exact) mass is 191 g/mol. The van der Waals surface area contributed by atoms with E-state index in [4.69, 9.17) is 5.73 Å². The fourth-order valence-electron chi connectivity index (χ4n) is 1.36. The minimum atomic E-state index is -0.895. The summed E-state index contributed by atoms with van der Waals surface area (Å²) in [6, 6.07) is 7.07. The number of carbonyl (C=O) groups excluding carboxylic acids is 2. The molecule has 14 heavy (non-hydrogen) atoms. The molecule has 0 spiro atoms. The van der Waals surface area contributed by atoms with Crippen LogP contribution in [0.5, 0.6) is 0 Å². The standard InChI is InChI=1S/C11H13NO2/c1-2-5-8-6-3-4-7-9(8)10(13)11(12)14/h3-4,6-7H,2,5H2,1H3,(H2,12,14). The summed E-state index contributed by atoms with van der Waals surface area (Å²) in [5.41, 5.74) is 6.26. The van der Waals surface area contributed by atoms with Crippen molar-refractivity contribution in [3.63, 3.8) is 0 Å². The zero-order chi connectivity index (χ0) is 10.6. The molecule has 74 valence electrons. The van der Waals surface area contributed by atoms with E-state index in [1.807, 2.05) is 19.1 Å². The Morgan fingerprint density at radius 2 is 1.93 bits per heavy atom. The third-order valence-electron chi connectivity index (χ3n) is 2.01. The van der Waals surface area contributed by atoms with Crippen LogP contribution in [-0.2, 0) is 11.2 Å². The number of hydrogen-bond acceptors (Lipinski definition) is 2. The van der Waals surface area contributed by atoms with Crippen molar-refractivity contribution in [1.82, 2.24) is 0 Å². The Morgan fingerprint density at radius 1 is 1.29 bits per heavy atom. The Bertz CT molecular complexity index is 358. The molecule has 0 radical (unpaired) electrons. The number of benzene rings is 1. The fourth-order valence-corrected chi connectivity index (χ4v) is 1.36. The van der Waals surface area contributed by atoms with Crippen LogP contribution < -0.4 is 5.73 Å². The third kappa shape index (κ3) is 2.19. The lowest BCUT2D eigenvalue weighted by Crippen LogP contribution is -2.24. The van der Waals surface area contributed by atoms with Crippen LogP contribution in [0.15, 0.2) is 24.3 Å². The van der Waals surface area contributed by atoms with Gasteiger partial charge in [-0.1, -0.05) is 37.6 Å². The van der Waals surface area contributed by atoms with Gasteiger partial charge in [0.2, 0.25) is 5.78 Å². The normalized spacial score (nSPS) is 9.79. The average molecular weight is 191 g/mol.